The van der Waals surface area contributed by atoms with Gasteiger partial charge in [-0.1, -0.05) is 11.6 Å². The summed E-state index contributed by atoms with van der Waals surface area (Å²) >= 11 is 3.14. The van der Waals surface area contributed by atoms with Crippen LogP contribution in [0.25, 0.3) is 10.9 Å². The second-order valence-electron chi connectivity index (χ2n) is 5.01. The number of pyridine rings is 1. The molecular formula is C16H9ClFN2O4S-. The Morgan fingerprint density at radius 2 is 2.04 bits per heavy atom. The predicted octanol–water partition coefficient (Wildman–Crippen LogP) is 3.71. The van der Waals surface area contributed by atoms with Gasteiger partial charge >= 0.3 is 5.97 Å². The quantitative estimate of drug-likeness (QED) is 0.670. The van der Waals surface area contributed by atoms with Gasteiger partial charge in [0.1, 0.15) is 5.82 Å². The highest BCUT2D eigenvalue weighted by Gasteiger charge is 2.16. The molecule has 9 heteroatoms. The van der Waals surface area contributed by atoms with Crippen molar-refractivity contribution >= 4 is 50.9 Å². The summed E-state index contributed by atoms with van der Waals surface area (Å²) in [7, 11) is 0. The molecule has 1 heterocycles. The van der Waals surface area contributed by atoms with E-state index < -0.39 is 22.9 Å². The number of hydrogen-bond donors (Lipinski definition) is 2. The third-order valence-electron chi connectivity index (χ3n) is 3.45. The van der Waals surface area contributed by atoms with Crippen LogP contribution in [0.3, 0.4) is 0 Å². The second-order valence-corrected chi connectivity index (χ2v) is 6.36. The van der Waals surface area contributed by atoms with Crippen LogP contribution in [0.15, 0.2) is 47.5 Å². The number of carboxylic acids is 1. The van der Waals surface area contributed by atoms with Gasteiger partial charge in [0.05, 0.1) is 27.4 Å². The first-order valence-corrected chi connectivity index (χ1v) is 8.29. The molecule has 0 aliphatic rings. The summed E-state index contributed by atoms with van der Waals surface area (Å²) in [6.45, 7) is 0. The van der Waals surface area contributed by atoms with Gasteiger partial charge < -0.3 is 15.0 Å². The molecule has 0 bridgehead atoms. The fourth-order valence-electron chi connectivity index (χ4n) is 2.34. The largest absolute Gasteiger partial charge is 0.768 e. The van der Waals surface area contributed by atoms with E-state index in [0.717, 1.165) is 12.3 Å². The molecule has 0 saturated carbocycles. The minimum absolute atomic E-state index is 0.0302. The number of anilines is 2. The van der Waals surface area contributed by atoms with Crippen molar-refractivity contribution < 1.29 is 23.1 Å². The molecule has 2 N–H and O–H groups in total. The number of benzene rings is 2. The summed E-state index contributed by atoms with van der Waals surface area (Å²) in [5, 5.41) is 12.5. The van der Waals surface area contributed by atoms with Crippen LogP contribution >= 0.6 is 11.6 Å². The summed E-state index contributed by atoms with van der Waals surface area (Å²) < 4.78 is 36.6. The number of fused-ring (bicyclic) bond motifs is 1. The number of carboxylic acid groups (broad SMARTS) is 1. The zero-order valence-corrected chi connectivity index (χ0v) is 13.9. The van der Waals surface area contributed by atoms with Crippen LogP contribution in [-0.4, -0.2) is 24.8 Å². The number of halogens is 2. The zero-order chi connectivity index (χ0) is 18.1. The van der Waals surface area contributed by atoms with Gasteiger partial charge in [0.2, 0.25) is 0 Å². The van der Waals surface area contributed by atoms with Crippen LogP contribution in [-0.2, 0) is 11.1 Å². The van der Waals surface area contributed by atoms with Gasteiger partial charge in [0.25, 0.3) is 0 Å². The van der Waals surface area contributed by atoms with Gasteiger partial charge in [-0.2, -0.15) is 0 Å². The summed E-state index contributed by atoms with van der Waals surface area (Å²) in [6.07, 6.45) is 1.11. The number of carbonyl (C=O) groups is 1. The van der Waals surface area contributed by atoms with Gasteiger partial charge in [-0.3, -0.25) is 9.19 Å². The number of aromatic carboxylic acids is 1. The summed E-state index contributed by atoms with van der Waals surface area (Å²) in [5.41, 5.74) is 0.337. The molecular weight excluding hydrogens is 371 g/mol. The van der Waals surface area contributed by atoms with Crippen molar-refractivity contribution in [2.75, 3.05) is 5.32 Å². The highest BCUT2D eigenvalue weighted by molar-refractivity contribution is 7.79. The SMILES string of the molecule is O=C(O)c1cc(Cl)ccc1Nc1c(S(=O)[O-])cnc2ccc(F)cc12. The van der Waals surface area contributed by atoms with Crippen molar-refractivity contribution in [2.24, 2.45) is 0 Å². The van der Waals surface area contributed by atoms with Crippen molar-refractivity contribution in [3.63, 3.8) is 0 Å². The number of hydrogen-bond acceptors (Lipinski definition) is 5. The Morgan fingerprint density at radius 1 is 1.28 bits per heavy atom. The van der Waals surface area contributed by atoms with Gasteiger partial charge in [0, 0.05) is 16.6 Å². The first-order chi connectivity index (χ1) is 11.9. The number of aromatic nitrogens is 1. The number of rotatable bonds is 4. The third kappa shape index (κ3) is 3.46. The molecule has 1 atom stereocenters. The maximum absolute atomic E-state index is 13.6. The normalized spacial score (nSPS) is 12.1. The molecule has 3 aromatic rings. The fraction of sp³-hybridized carbons (Fsp3) is 0. The van der Waals surface area contributed by atoms with Crippen LogP contribution in [0.4, 0.5) is 15.8 Å². The summed E-state index contributed by atoms with van der Waals surface area (Å²) in [5.74, 6) is -1.83. The molecule has 25 heavy (non-hydrogen) atoms. The third-order valence-corrected chi connectivity index (χ3v) is 4.35. The first-order valence-electron chi connectivity index (χ1n) is 6.84. The standard InChI is InChI=1S/C16H10ClFN2O4S/c17-8-1-3-13(11(5-8)16(21)22)20-15-10-6-9(18)2-4-12(10)19-7-14(15)25(23)24/h1-7H,(H,19,20)(H,21,22)(H,23,24)/p-1. The average Bonchev–Trinajstić information content (AvgIpc) is 2.56. The molecule has 0 aliphatic heterocycles. The van der Waals surface area contributed by atoms with E-state index in [2.05, 4.69) is 10.3 Å². The van der Waals surface area contributed by atoms with E-state index in [9.17, 15) is 23.1 Å². The Morgan fingerprint density at radius 3 is 2.72 bits per heavy atom. The molecule has 128 valence electrons. The summed E-state index contributed by atoms with van der Waals surface area (Å²) in [6, 6.07) is 7.79. The smallest absolute Gasteiger partial charge is 0.337 e. The lowest BCUT2D eigenvalue weighted by Gasteiger charge is -2.17. The van der Waals surface area contributed by atoms with Crippen molar-refractivity contribution in [3.8, 4) is 0 Å². The van der Waals surface area contributed by atoms with E-state index in [0.29, 0.717) is 5.52 Å². The predicted molar refractivity (Wildman–Crippen MR) is 90.6 cm³/mol. The van der Waals surface area contributed by atoms with Crippen molar-refractivity contribution in [3.05, 3.63) is 59.0 Å². The maximum Gasteiger partial charge on any atom is 0.337 e. The lowest BCUT2D eigenvalue weighted by Crippen LogP contribution is -2.06. The molecule has 0 amide bonds. The molecule has 0 spiro atoms. The molecule has 0 aliphatic carbocycles. The fourth-order valence-corrected chi connectivity index (χ4v) is 2.98. The number of nitrogens with zero attached hydrogens (tertiary/aromatic N) is 1. The van der Waals surface area contributed by atoms with Crippen molar-refractivity contribution in [2.45, 2.75) is 4.90 Å². The van der Waals surface area contributed by atoms with E-state index in [4.69, 9.17) is 11.6 Å². The van der Waals surface area contributed by atoms with Crippen LogP contribution in [0.1, 0.15) is 10.4 Å². The van der Waals surface area contributed by atoms with E-state index in [1.165, 1.54) is 30.3 Å². The van der Waals surface area contributed by atoms with Crippen molar-refractivity contribution in [1.82, 2.24) is 4.98 Å². The van der Waals surface area contributed by atoms with Gasteiger partial charge in [-0.15, -0.1) is 0 Å². The van der Waals surface area contributed by atoms with Crippen molar-refractivity contribution in [1.29, 1.82) is 0 Å². The van der Waals surface area contributed by atoms with Crippen LogP contribution in [0.2, 0.25) is 5.02 Å². The lowest BCUT2D eigenvalue weighted by molar-refractivity contribution is 0.0698. The Balaban J connectivity index is 2.25. The first kappa shape index (κ1) is 17.3. The van der Waals surface area contributed by atoms with Gasteiger partial charge in [-0.25, -0.2) is 9.18 Å². The maximum atomic E-state index is 13.6. The highest BCUT2D eigenvalue weighted by Crippen LogP contribution is 2.33. The molecule has 2 aromatic carbocycles. The molecule has 0 saturated heterocycles. The van der Waals surface area contributed by atoms with E-state index in [-0.39, 0.29) is 32.2 Å². The topological polar surface area (TPSA) is 102 Å². The lowest BCUT2D eigenvalue weighted by atomic mass is 10.1. The molecule has 0 radical (unpaired) electrons. The van der Waals surface area contributed by atoms with E-state index in [1.807, 2.05) is 0 Å². The Kier molecular flexibility index (Phi) is 4.67. The van der Waals surface area contributed by atoms with Crippen LogP contribution < -0.4 is 5.32 Å². The summed E-state index contributed by atoms with van der Waals surface area (Å²) in [4.78, 5) is 15.2. The van der Waals surface area contributed by atoms with E-state index >= 15 is 0 Å². The zero-order valence-electron chi connectivity index (χ0n) is 12.3. The van der Waals surface area contributed by atoms with E-state index in [1.54, 1.807) is 0 Å². The average molecular weight is 380 g/mol. The molecule has 1 unspecified atom stereocenters. The Bertz CT molecular complexity index is 1030. The highest BCUT2D eigenvalue weighted by atomic mass is 35.5. The van der Waals surface area contributed by atoms with Crippen LogP contribution in [0.5, 0.6) is 0 Å². The Labute approximate surface area is 148 Å². The monoisotopic (exact) mass is 379 g/mol. The van der Waals surface area contributed by atoms with Crippen LogP contribution in [0, 0.1) is 5.82 Å². The molecule has 0 fully saturated rings. The minimum atomic E-state index is -2.67. The number of nitrogens with one attached hydrogen (secondary N) is 1. The van der Waals surface area contributed by atoms with Gasteiger partial charge in [0.15, 0.2) is 0 Å². The molecule has 1 aromatic heterocycles. The molecule has 3 rings (SSSR count). The minimum Gasteiger partial charge on any atom is -0.768 e. The second kappa shape index (κ2) is 6.75. The van der Waals surface area contributed by atoms with Gasteiger partial charge in [-0.05, 0) is 47.5 Å². The Hall–Kier alpha value is -2.55. The molecule has 6 nitrogen and oxygen atoms in total.